The molecule has 7 atom stereocenters. The van der Waals surface area contributed by atoms with E-state index >= 15 is 0 Å². The molecule has 24 heavy (non-hydrogen) atoms. The Morgan fingerprint density at radius 2 is 1.67 bits per heavy atom. The Balaban J connectivity index is 0.00000264. The van der Waals surface area contributed by atoms with E-state index < -0.39 is 13.4 Å². The van der Waals surface area contributed by atoms with Crippen molar-refractivity contribution in [3.05, 3.63) is 12.8 Å². The molecule has 0 aromatic rings. The molecule has 136 valence electrons. The van der Waals surface area contributed by atoms with Crippen molar-refractivity contribution >= 4 is 13.6 Å². The van der Waals surface area contributed by atoms with E-state index in [0.717, 1.165) is 0 Å². The Hall–Kier alpha value is 2.27. The summed E-state index contributed by atoms with van der Waals surface area (Å²) < 4.78 is 28.3. The quantitative estimate of drug-likeness (QED) is 0.410. The summed E-state index contributed by atoms with van der Waals surface area (Å²) in [5.41, 5.74) is 0. The third-order valence-corrected chi connectivity index (χ3v) is 5.03. The van der Waals surface area contributed by atoms with Crippen LogP contribution in [0.15, 0.2) is 0 Å². The number of aliphatic hydroxyl groups is 1. The van der Waals surface area contributed by atoms with Gasteiger partial charge in [-0.3, -0.25) is 12.8 Å². The Morgan fingerprint density at radius 1 is 1.08 bits per heavy atom. The van der Waals surface area contributed by atoms with Crippen LogP contribution in [0, 0.1) is 12.8 Å². The van der Waals surface area contributed by atoms with Crippen LogP contribution in [0.3, 0.4) is 0 Å². The maximum Gasteiger partial charge on any atom is 0.112 e. The predicted molar refractivity (Wildman–Crippen MR) is 85.9 cm³/mol. The van der Waals surface area contributed by atoms with E-state index in [-0.39, 0.29) is 103 Å². The Morgan fingerprint density at radius 3 is 2.21 bits per heavy atom. The molecule has 6 nitrogen and oxygen atoms in total. The van der Waals surface area contributed by atoms with Gasteiger partial charge in [0, 0.05) is 79.2 Å². The fourth-order valence-electron chi connectivity index (χ4n) is 2.65. The van der Waals surface area contributed by atoms with E-state index in [9.17, 15) is 5.11 Å². The van der Waals surface area contributed by atoms with Gasteiger partial charge in [0.1, 0.15) is 7.34 Å². The molecule has 2 radical (unpaired) electrons. The first kappa shape index (κ1) is 26.3. The molecule has 2 aliphatic heterocycles. The molecule has 3 unspecified atom stereocenters. The van der Waals surface area contributed by atoms with Gasteiger partial charge in [-0.1, -0.05) is 32.4 Å². The molecule has 0 aromatic carbocycles. The molecule has 2 aliphatic rings. The number of aliphatic hydroxyl groups excluding tert-OH is 1. The smallest absolute Gasteiger partial charge is 0.112 e. The summed E-state index contributed by atoms with van der Waals surface area (Å²) in [6.45, 7) is 6.42. The second kappa shape index (κ2) is 12.0. The van der Waals surface area contributed by atoms with Gasteiger partial charge in [0.05, 0.1) is 25.4 Å². The van der Waals surface area contributed by atoms with Gasteiger partial charge in [-0.05, 0) is 12.2 Å². The minimum Gasteiger partial charge on any atom is -0.422 e. The van der Waals surface area contributed by atoms with E-state index in [0.29, 0.717) is 6.61 Å². The van der Waals surface area contributed by atoms with Crippen LogP contribution < -0.4 is 0 Å². The summed E-state index contributed by atoms with van der Waals surface area (Å²) in [6.07, 6.45) is 6.43. The van der Waals surface area contributed by atoms with Gasteiger partial charge in [-0.15, -0.1) is 0 Å². The van der Waals surface area contributed by atoms with E-state index in [1.165, 1.54) is 0 Å². The van der Waals surface area contributed by atoms with E-state index in [2.05, 4.69) is 6.30 Å². The maximum atomic E-state index is 9.84. The first-order valence-electron chi connectivity index (χ1n) is 7.52. The average Bonchev–Trinajstić information content (AvgIpc) is 2.90. The minimum absolute atomic E-state index is 0. The largest absolute Gasteiger partial charge is 0.422 e. The van der Waals surface area contributed by atoms with Crippen LogP contribution in [-0.2, 0) is 88.7 Å². The Labute approximate surface area is 195 Å². The first-order chi connectivity index (χ1) is 10.3. The maximum absolute atomic E-state index is 9.84. The summed E-state index contributed by atoms with van der Waals surface area (Å²) in [7, 11) is -0.666. The van der Waals surface area contributed by atoms with Gasteiger partial charge in [0.25, 0.3) is 0 Å². The second-order valence-electron chi connectivity index (χ2n) is 5.97. The standard InChI is InChI=1S/C15H27O6P.2Y/c1-10-6-12(16)14(19-10)9-18-22(4,5)21-13-7-11(2)20-15(13)8-17-3;;/h6-7,10-16H,4,8-9H2,1-3,5H3;;/q-2;;/t10-,11-,12?,13?,14+,15+,22?;;/m0../s1. The van der Waals surface area contributed by atoms with E-state index in [1.54, 1.807) is 13.5 Å². The fourth-order valence-corrected chi connectivity index (χ4v) is 3.90. The van der Waals surface area contributed by atoms with Crippen molar-refractivity contribution in [2.24, 2.45) is 0 Å². The van der Waals surface area contributed by atoms with Crippen LogP contribution in [0.2, 0.25) is 0 Å². The number of hydrogen-bond donors (Lipinski definition) is 1. The van der Waals surface area contributed by atoms with Crippen LogP contribution in [0.5, 0.6) is 0 Å². The molecule has 2 rings (SSSR count). The van der Waals surface area contributed by atoms with Crippen molar-refractivity contribution < 1.29 is 93.8 Å². The molecule has 0 bridgehead atoms. The number of ether oxygens (including phenoxy) is 3. The molecule has 0 saturated carbocycles. The number of methoxy groups -OCH3 is 1. The van der Waals surface area contributed by atoms with Gasteiger partial charge in [-0.25, -0.2) is 0 Å². The van der Waals surface area contributed by atoms with Gasteiger partial charge < -0.3 is 28.4 Å². The van der Waals surface area contributed by atoms with Crippen molar-refractivity contribution in [1.82, 2.24) is 0 Å². The molecule has 0 aromatic heterocycles. The zero-order valence-electron chi connectivity index (χ0n) is 14.8. The Kier molecular flexibility index (Phi) is 13.1. The molecular weight excluding hydrogens is 485 g/mol. The first-order valence-corrected chi connectivity index (χ1v) is 9.78. The predicted octanol–water partition coefficient (Wildman–Crippen LogP) is 1.28. The minimum atomic E-state index is -2.30. The molecule has 2 saturated heterocycles. The van der Waals surface area contributed by atoms with Crippen LogP contribution in [0.4, 0.5) is 0 Å². The molecule has 9 heteroatoms. The Bertz CT molecular complexity index is 413. The topological polar surface area (TPSA) is 66.4 Å². The van der Waals surface area contributed by atoms with Crippen molar-refractivity contribution in [2.75, 3.05) is 27.0 Å². The summed E-state index contributed by atoms with van der Waals surface area (Å²) in [4.78, 5) is 0. The number of rotatable bonds is 7. The average molecular weight is 512 g/mol. The second-order valence-corrected chi connectivity index (χ2v) is 8.47. The fraction of sp³-hybridized carbons (Fsp3) is 0.800. The van der Waals surface area contributed by atoms with Crippen LogP contribution in [0.1, 0.15) is 13.8 Å². The summed E-state index contributed by atoms with van der Waals surface area (Å²) in [5.74, 6) is 0. The van der Waals surface area contributed by atoms with Gasteiger partial charge in [0.2, 0.25) is 0 Å². The van der Waals surface area contributed by atoms with E-state index in [1.807, 2.05) is 26.9 Å². The molecule has 2 fully saturated rings. The number of hydrogen-bond acceptors (Lipinski definition) is 6. The van der Waals surface area contributed by atoms with Gasteiger partial charge in [-0.2, -0.15) is 0 Å². The molecular formula is C15H27O6PY2-2. The molecule has 0 spiro atoms. The van der Waals surface area contributed by atoms with Crippen LogP contribution in [0.25, 0.3) is 0 Å². The molecule has 2 heterocycles. The van der Waals surface area contributed by atoms with Crippen LogP contribution >= 0.6 is 7.34 Å². The van der Waals surface area contributed by atoms with Crippen molar-refractivity contribution in [3.63, 3.8) is 0 Å². The zero-order chi connectivity index (χ0) is 16.3. The van der Waals surface area contributed by atoms with Crippen LogP contribution in [-0.4, -0.2) is 75.0 Å². The molecule has 1 N–H and O–H groups in total. The van der Waals surface area contributed by atoms with Crippen molar-refractivity contribution in [3.8, 4) is 0 Å². The molecule has 0 amide bonds. The summed E-state index contributed by atoms with van der Waals surface area (Å²) in [5, 5.41) is 9.84. The monoisotopic (exact) mass is 512 g/mol. The summed E-state index contributed by atoms with van der Waals surface area (Å²) in [6, 6.07) is 0. The van der Waals surface area contributed by atoms with E-state index in [4.69, 9.17) is 23.3 Å². The SMILES string of the molecule is C=P(C)(OC[C@H]1O[C@@H](C)[CH-]C1O)OC1[CH-][C@H](C)O[C@@H]1COC.[Y].[Y]. The third-order valence-electron chi connectivity index (χ3n) is 3.64. The zero-order valence-corrected chi connectivity index (χ0v) is 21.4. The van der Waals surface area contributed by atoms with Gasteiger partial charge >= 0.3 is 0 Å². The van der Waals surface area contributed by atoms with Crippen molar-refractivity contribution in [1.29, 1.82) is 0 Å². The summed E-state index contributed by atoms with van der Waals surface area (Å²) >= 11 is 0. The third kappa shape index (κ3) is 8.10. The van der Waals surface area contributed by atoms with Crippen molar-refractivity contribution in [2.45, 2.75) is 50.5 Å². The normalized spacial score (nSPS) is 38.2. The molecule has 0 aliphatic carbocycles. The van der Waals surface area contributed by atoms with Gasteiger partial charge in [0.15, 0.2) is 0 Å².